The number of nitrogens with one attached hydrogen (secondary N) is 1. The van der Waals surface area contributed by atoms with Gasteiger partial charge in [-0.1, -0.05) is 0 Å². The van der Waals surface area contributed by atoms with Crippen molar-refractivity contribution in [2.75, 3.05) is 27.2 Å². The lowest BCUT2D eigenvalue weighted by Gasteiger charge is -2.08. The number of amides is 1. The first-order valence-corrected chi connectivity index (χ1v) is 4.13. The van der Waals surface area contributed by atoms with Crippen molar-refractivity contribution in [1.82, 2.24) is 10.2 Å². The van der Waals surface area contributed by atoms with E-state index in [0.717, 1.165) is 6.54 Å². The molecule has 1 amide bonds. The van der Waals surface area contributed by atoms with Gasteiger partial charge in [-0.15, -0.1) is 0 Å². The molecule has 0 saturated heterocycles. The third-order valence-corrected chi connectivity index (χ3v) is 1.33. The monoisotopic (exact) mass is 184 g/mol. The van der Waals surface area contributed by atoms with Crippen LogP contribution in [0.2, 0.25) is 0 Å². The summed E-state index contributed by atoms with van der Waals surface area (Å²) in [6.07, 6.45) is 2.50. The van der Waals surface area contributed by atoms with Crippen molar-refractivity contribution in [2.45, 2.75) is 6.92 Å². The van der Waals surface area contributed by atoms with E-state index in [-0.39, 0.29) is 11.7 Å². The van der Waals surface area contributed by atoms with E-state index >= 15 is 0 Å². The Morgan fingerprint density at radius 3 is 2.38 bits per heavy atom. The second kappa shape index (κ2) is 6.37. The average molecular weight is 184 g/mol. The molecule has 0 aromatic carbocycles. The average Bonchev–Trinajstić information content (AvgIpc) is 2.00. The predicted octanol–water partition coefficient (Wildman–Crippen LogP) is -0.191. The molecule has 0 rings (SSSR count). The first-order valence-electron chi connectivity index (χ1n) is 4.13. The van der Waals surface area contributed by atoms with E-state index in [0.29, 0.717) is 6.54 Å². The molecule has 0 bridgehead atoms. The molecule has 0 saturated carbocycles. The van der Waals surface area contributed by atoms with Crippen LogP contribution in [0.1, 0.15) is 6.92 Å². The van der Waals surface area contributed by atoms with Gasteiger partial charge in [0.2, 0.25) is 5.91 Å². The number of carbonyl (C=O) groups is 2. The molecule has 0 atom stereocenters. The molecule has 13 heavy (non-hydrogen) atoms. The molecule has 0 unspecified atom stereocenters. The van der Waals surface area contributed by atoms with Gasteiger partial charge < -0.3 is 10.2 Å². The van der Waals surface area contributed by atoms with Crippen molar-refractivity contribution in [3.63, 3.8) is 0 Å². The third kappa shape index (κ3) is 8.75. The molecular weight excluding hydrogens is 168 g/mol. The maximum atomic E-state index is 11.0. The summed E-state index contributed by atoms with van der Waals surface area (Å²) in [7, 11) is 3.86. The highest BCUT2D eigenvalue weighted by Crippen LogP contribution is 1.77. The van der Waals surface area contributed by atoms with Gasteiger partial charge >= 0.3 is 0 Å². The van der Waals surface area contributed by atoms with Crippen LogP contribution >= 0.6 is 0 Å². The standard InChI is InChI=1S/C9H16N2O2/c1-8(12)4-5-9(13)10-6-7-11(2)3/h4-5H,6-7H2,1-3H3,(H,10,13). The van der Waals surface area contributed by atoms with Gasteiger partial charge in [-0.3, -0.25) is 9.59 Å². The summed E-state index contributed by atoms with van der Waals surface area (Å²) in [4.78, 5) is 23.4. The molecule has 4 heteroatoms. The van der Waals surface area contributed by atoms with Gasteiger partial charge in [-0.05, 0) is 27.1 Å². The first kappa shape index (κ1) is 11.8. The molecular formula is C9H16N2O2. The summed E-state index contributed by atoms with van der Waals surface area (Å²) in [6.45, 7) is 2.79. The highest BCUT2D eigenvalue weighted by Gasteiger charge is 1.95. The maximum absolute atomic E-state index is 11.0. The topological polar surface area (TPSA) is 49.4 Å². The predicted molar refractivity (Wildman–Crippen MR) is 51.4 cm³/mol. The lowest BCUT2D eigenvalue weighted by atomic mass is 10.4. The van der Waals surface area contributed by atoms with Crippen LogP contribution in [-0.4, -0.2) is 43.8 Å². The SMILES string of the molecule is CC(=O)C=CC(=O)NCCN(C)C. The smallest absolute Gasteiger partial charge is 0.244 e. The van der Waals surface area contributed by atoms with Crippen LogP contribution in [0.3, 0.4) is 0 Å². The Kier molecular flexibility index (Phi) is 5.80. The van der Waals surface area contributed by atoms with E-state index in [4.69, 9.17) is 0 Å². The van der Waals surface area contributed by atoms with Gasteiger partial charge in [-0.2, -0.15) is 0 Å². The van der Waals surface area contributed by atoms with Crippen molar-refractivity contribution >= 4 is 11.7 Å². The second-order valence-electron chi connectivity index (χ2n) is 3.04. The molecule has 0 fully saturated rings. The zero-order chi connectivity index (χ0) is 10.3. The highest BCUT2D eigenvalue weighted by molar-refractivity contribution is 5.96. The Balaban J connectivity index is 3.58. The van der Waals surface area contributed by atoms with Crippen molar-refractivity contribution in [2.24, 2.45) is 0 Å². The Morgan fingerprint density at radius 2 is 1.92 bits per heavy atom. The van der Waals surface area contributed by atoms with E-state index in [1.54, 1.807) is 0 Å². The summed E-state index contributed by atoms with van der Waals surface area (Å²) in [5.41, 5.74) is 0. The number of likely N-dealkylation sites (N-methyl/N-ethyl adjacent to an activating group) is 1. The van der Waals surface area contributed by atoms with Crippen LogP contribution in [0.15, 0.2) is 12.2 Å². The van der Waals surface area contributed by atoms with Gasteiger partial charge in [0.1, 0.15) is 0 Å². The lowest BCUT2D eigenvalue weighted by molar-refractivity contribution is -0.117. The molecule has 0 aliphatic carbocycles. The first-order chi connectivity index (χ1) is 6.02. The summed E-state index contributed by atoms with van der Waals surface area (Å²) in [5, 5.41) is 2.65. The van der Waals surface area contributed by atoms with E-state index < -0.39 is 0 Å². The quantitative estimate of drug-likeness (QED) is 0.602. The molecule has 0 aromatic heterocycles. The van der Waals surface area contributed by atoms with E-state index in [9.17, 15) is 9.59 Å². The van der Waals surface area contributed by atoms with Crippen molar-refractivity contribution < 1.29 is 9.59 Å². The second-order valence-corrected chi connectivity index (χ2v) is 3.04. The number of rotatable bonds is 5. The Bertz CT molecular complexity index is 210. The summed E-state index contributed by atoms with van der Waals surface area (Å²) < 4.78 is 0. The van der Waals surface area contributed by atoms with Crippen LogP contribution in [0.25, 0.3) is 0 Å². The minimum atomic E-state index is -0.225. The number of allylic oxidation sites excluding steroid dienone is 1. The van der Waals surface area contributed by atoms with Gasteiger partial charge in [0.15, 0.2) is 5.78 Å². The summed E-state index contributed by atoms with van der Waals surface area (Å²) in [6, 6.07) is 0. The normalized spacial score (nSPS) is 10.8. The van der Waals surface area contributed by atoms with E-state index in [1.165, 1.54) is 19.1 Å². The fraction of sp³-hybridized carbons (Fsp3) is 0.556. The zero-order valence-corrected chi connectivity index (χ0v) is 8.33. The molecule has 0 radical (unpaired) electrons. The van der Waals surface area contributed by atoms with E-state index in [1.807, 2.05) is 19.0 Å². The Hall–Kier alpha value is -1.16. The van der Waals surface area contributed by atoms with Crippen LogP contribution in [-0.2, 0) is 9.59 Å². The fourth-order valence-corrected chi connectivity index (χ4v) is 0.655. The minimum Gasteiger partial charge on any atom is -0.351 e. The molecule has 0 spiro atoms. The van der Waals surface area contributed by atoms with Crippen LogP contribution in [0, 0.1) is 0 Å². The zero-order valence-electron chi connectivity index (χ0n) is 8.33. The third-order valence-electron chi connectivity index (χ3n) is 1.33. The fourth-order valence-electron chi connectivity index (χ4n) is 0.655. The summed E-state index contributed by atoms with van der Waals surface area (Å²) in [5.74, 6) is -0.347. The number of hydrogen-bond acceptors (Lipinski definition) is 3. The number of carbonyl (C=O) groups excluding carboxylic acids is 2. The molecule has 1 N–H and O–H groups in total. The molecule has 0 aromatic rings. The minimum absolute atomic E-state index is 0.122. The number of hydrogen-bond donors (Lipinski definition) is 1. The summed E-state index contributed by atoms with van der Waals surface area (Å²) >= 11 is 0. The van der Waals surface area contributed by atoms with Gasteiger partial charge in [-0.25, -0.2) is 0 Å². The number of ketones is 1. The Labute approximate surface area is 78.6 Å². The molecule has 74 valence electrons. The van der Waals surface area contributed by atoms with Gasteiger partial charge in [0, 0.05) is 19.2 Å². The lowest BCUT2D eigenvalue weighted by Crippen LogP contribution is -2.30. The molecule has 4 nitrogen and oxygen atoms in total. The van der Waals surface area contributed by atoms with Crippen LogP contribution in [0.5, 0.6) is 0 Å². The van der Waals surface area contributed by atoms with Crippen molar-refractivity contribution in [3.8, 4) is 0 Å². The highest BCUT2D eigenvalue weighted by atomic mass is 16.1. The number of nitrogens with zero attached hydrogens (tertiary/aromatic N) is 1. The van der Waals surface area contributed by atoms with Gasteiger partial charge in [0.05, 0.1) is 0 Å². The molecule has 0 aliphatic heterocycles. The molecule has 0 heterocycles. The van der Waals surface area contributed by atoms with Crippen LogP contribution < -0.4 is 5.32 Å². The van der Waals surface area contributed by atoms with Crippen molar-refractivity contribution in [3.05, 3.63) is 12.2 Å². The van der Waals surface area contributed by atoms with Gasteiger partial charge in [0.25, 0.3) is 0 Å². The maximum Gasteiger partial charge on any atom is 0.244 e. The molecule has 0 aliphatic rings. The van der Waals surface area contributed by atoms with E-state index in [2.05, 4.69) is 5.32 Å². The Morgan fingerprint density at radius 1 is 1.31 bits per heavy atom. The van der Waals surface area contributed by atoms with Crippen LogP contribution in [0.4, 0.5) is 0 Å². The largest absolute Gasteiger partial charge is 0.351 e. The van der Waals surface area contributed by atoms with Crippen molar-refractivity contribution in [1.29, 1.82) is 0 Å².